The van der Waals surface area contributed by atoms with Gasteiger partial charge in [-0.1, -0.05) is 18.2 Å². The molecule has 0 radical (unpaired) electrons. The quantitative estimate of drug-likeness (QED) is 0.578. The molecule has 1 amide bonds. The molecule has 4 aromatic rings. The molecule has 2 aromatic carbocycles. The van der Waals surface area contributed by atoms with Gasteiger partial charge in [0.1, 0.15) is 0 Å². The third kappa shape index (κ3) is 2.13. The van der Waals surface area contributed by atoms with Crippen LogP contribution in [0, 0.1) is 0 Å². The standard InChI is InChI=1S/C19H15N3O2/c1-11(23)20-14-7-8-16-13(9-14)10-18-19(21-16)15-5-3-4-6-17(15)22(18)12(2)24/h3-10H,1-2H3,(H,20,23). The van der Waals surface area contributed by atoms with Crippen LogP contribution in [0.1, 0.15) is 18.6 Å². The lowest BCUT2D eigenvalue weighted by Gasteiger charge is -2.05. The molecule has 0 fully saturated rings. The van der Waals surface area contributed by atoms with E-state index in [0.29, 0.717) is 5.69 Å². The minimum absolute atomic E-state index is 0.0552. The predicted octanol–water partition coefficient (Wildman–Crippen LogP) is 3.96. The van der Waals surface area contributed by atoms with Gasteiger partial charge in [0.25, 0.3) is 0 Å². The largest absolute Gasteiger partial charge is 0.326 e. The number of rotatable bonds is 1. The van der Waals surface area contributed by atoms with Gasteiger partial charge in [-0.2, -0.15) is 0 Å². The molecule has 4 rings (SSSR count). The molecule has 1 N–H and O–H groups in total. The van der Waals surface area contributed by atoms with Crippen LogP contribution in [0.15, 0.2) is 48.5 Å². The minimum atomic E-state index is -0.124. The van der Waals surface area contributed by atoms with Crippen LogP contribution in [-0.4, -0.2) is 21.4 Å². The summed E-state index contributed by atoms with van der Waals surface area (Å²) >= 11 is 0. The summed E-state index contributed by atoms with van der Waals surface area (Å²) < 4.78 is 1.68. The highest BCUT2D eigenvalue weighted by Crippen LogP contribution is 2.30. The highest BCUT2D eigenvalue weighted by atomic mass is 16.2. The molecule has 0 atom stereocenters. The number of pyridine rings is 1. The van der Waals surface area contributed by atoms with Crippen LogP contribution in [0.2, 0.25) is 0 Å². The highest BCUT2D eigenvalue weighted by molar-refractivity contribution is 6.13. The molecule has 0 saturated carbocycles. The van der Waals surface area contributed by atoms with Crippen molar-refractivity contribution in [1.82, 2.24) is 9.55 Å². The van der Waals surface area contributed by atoms with Crippen molar-refractivity contribution in [2.24, 2.45) is 0 Å². The molecule has 5 nitrogen and oxygen atoms in total. The predicted molar refractivity (Wildman–Crippen MR) is 95.3 cm³/mol. The van der Waals surface area contributed by atoms with Crippen molar-refractivity contribution in [3.05, 3.63) is 48.5 Å². The van der Waals surface area contributed by atoms with Crippen molar-refractivity contribution in [2.75, 3.05) is 5.32 Å². The van der Waals surface area contributed by atoms with Crippen LogP contribution in [0.25, 0.3) is 32.8 Å². The summed E-state index contributed by atoms with van der Waals surface area (Å²) in [5.41, 5.74) is 3.96. The average molecular weight is 317 g/mol. The second kappa shape index (κ2) is 5.16. The first kappa shape index (κ1) is 14.4. The van der Waals surface area contributed by atoms with Crippen molar-refractivity contribution in [3.8, 4) is 0 Å². The van der Waals surface area contributed by atoms with Gasteiger partial charge < -0.3 is 5.32 Å². The highest BCUT2D eigenvalue weighted by Gasteiger charge is 2.15. The molecule has 0 aliphatic heterocycles. The Morgan fingerprint density at radius 1 is 1.00 bits per heavy atom. The monoisotopic (exact) mass is 317 g/mol. The van der Waals surface area contributed by atoms with E-state index in [0.717, 1.165) is 32.8 Å². The van der Waals surface area contributed by atoms with Gasteiger partial charge in [-0.25, -0.2) is 4.98 Å². The van der Waals surface area contributed by atoms with Crippen molar-refractivity contribution >= 4 is 50.3 Å². The number of anilines is 1. The number of carbonyl (C=O) groups excluding carboxylic acids is 2. The first-order valence-electron chi connectivity index (χ1n) is 7.67. The Morgan fingerprint density at radius 2 is 1.79 bits per heavy atom. The molecule has 0 aliphatic rings. The van der Waals surface area contributed by atoms with E-state index in [4.69, 9.17) is 4.98 Å². The number of hydrogen-bond donors (Lipinski definition) is 1. The van der Waals surface area contributed by atoms with E-state index in [9.17, 15) is 9.59 Å². The van der Waals surface area contributed by atoms with Gasteiger partial charge in [0, 0.05) is 30.3 Å². The summed E-state index contributed by atoms with van der Waals surface area (Å²) in [5, 5.41) is 4.60. The summed E-state index contributed by atoms with van der Waals surface area (Å²) in [6, 6.07) is 15.3. The molecule has 5 heteroatoms. The SMILES string of the molecule is CC(=O)Nc1ccc2nc3c4ccccc4n(C(C)=O)c3cc2c1. The smallest absolute Gasteiger partial charge is 0.228 e. The maximum absolute atomic E-state index is 12.2. The summed E-state index contributed by atoms with van der Waals surface area (Å²) in [6.45, 7) is 3.02. The Labute approximate surface area is 137 Å². The van der Waals surface area contributed by atoms with Gasteiger partial charge in [0.05, 0.1) is 22.1 Å². The molecule has 0 bridgehead atoms. The fourth-order valence-electron chi connectivity index (χ4n) is 3.15. The first-order chi connectivity index (χ1) is 11.5. The third-order valence-electron chi connectivity index (χ3n) is 4.07. The molecule has 0 spiro atoms. The lowest BCUT2D eigenvalue weighted by Crippen LogP contribution is -2.06. The fourth-order valence-corrected chi connectivity index (χ4v) is 3.15. The van der Waals surface area contributed by atoms with E-state index in [1.165, 1.54) is 6.92 Å². The van der Waals surface area contributed by atoms with Crippen LogP contribution < -0.4 is 5.32 Å². The van der Waals surface area contributed by atoms with Crippen LogP contribution in [0.3, 0.4) is 0 Å². The van der Waals surface area contributed by atoms with Crippen LogP contribution in [0.4, 0.5) is 5.69 Å². The van der Waals surface area contributed by atoms with Crippen LogP contribution >= 0.6 is 0 Å². The number of nitrogens with zero attached hydrogens (tertiary/aromatic N) is 2. The Kier molecular flexibility index (Phi) is 3.09. The zero-order valence-electron chi connectivity index (χ0n) is 13.3. The van der Waals surface area contributed by atoms with E-state index in [-0.39, 0.29) is 11.8 Å². The van der Waals surface area contributed by atoms with Gasteiger partial charge in [-0.05, 0) is 30.3 Å². The summed E-state index contributed by atoms with van der Waals surface area (Å²) in [6.07, 6.45) is 0. The average Bonchev–Trinajstić information content (AvgIpc) is 2.85. The second-order valence-electron chi connectivity index (χ2n) is 5.82. The molecular formula is C19H15N3O2. The summed E-state index contributed by atoms with van der Waals surface area (Å²) in [5.74, 6) is -0.179. The van der Waals surface area contributed by atoms with Crippen molar-refractivity contribution in [2.45, 2.75) is 13.8 Å². The number of fused-ring (bicyclic) bond motifs is 4. The number of hydrogen-bond acceptors (Lipinski definition) is 3. The zero-order valence-corrected chi connectivity index (χ0v) is 13.3. The topological polar surface area (TPSA) is 64.0 Å². The minimum Gasteiger partial charge on any atom is -0.326 e. The normalized spacial score (nSPS) is 11.2. The zero-order chi connectivity index (χ0) is 16.8. The molecule has 2 aromatic heterocycles. The first-order valence-corrected chi connectivity index (χ1v) is 7.67. The maximum atomic E-state index is 12.2. The van der Waals surface area contributed by atoms with Gasteiger partial charge in [0.2, 0.25) is 11.8 Å². The maximum Gasteiger partial charge on any atom is 0.228 e. The summed E-state index contributed by atoms with van der Waals surface area (Å²) in [7, 11) is 0. The molecule has 0 unspecified atom stereocenters. The van der Waals surface area contributed by atoms with E-state index in [1.54, 1.807) is 11.5 Å². The number of benzene rings is 2. The molecule has 0 aliphatic carbocycles. The van der Waals surface area contributed by atoms with Crippen LogP contribution in [0.5, 0.6) is 0 Å². The lowest BCUT2D eigenvalue weighted by molar-refractivity contribution is -0.114. The second-order valence-corrected chi connectivity index (χ2v) is 5.82. The van der Waals surface area contributed by atoms with Gasteiger partial charge in [-0.15, -0.1) is 0 Å². The number of nitrogens with one attached hydrogen (secondary N) is 1. The fraction of sp³-hybridized carbons (Fsp3) is 0.105. The molecule has 2 heterocycles. The molecule has 0 saturated heterocycles. The molecule has 118 valence electrons. The lowest BCUT2D eigenvalue weighted by atomic mass is 10.1. The van der Waals surface area contributed by atoms with Crippen molar-refractivity contribution < 1.29 is 9.59 Å². The summed E-state index contributed by atoms with van der Waals surface area (Å²) in [4.78, 5) is 28.2. The van der Waals surface area contributed by atoms with Crippen LogP contribution in [-0.2, 0) is 4.79 Å². The van der Waals surface area contributed by atoms with Crippen molar-refractivity contribution in [1.29, 1.82) is 0 Å². The van der Waals surface area contributed by atoms with E-state index < -0.39 is 0 Å². The number of aromatic nitrogens is 2. The Hall–Kier alpha value is -3.21. The van der Waals surface area contributed by atoms with Gasteiger partial charge >= 0.3 is 0 Å². The number of amides is 1. The number of para-hydroxylation sites is 1. The van der Waals surface area contributed by atoms with E-state index in [2.05, 4.69) is 5.32 Å². The van der Waals surface area contributed by atoms with E-state index in [1.807, 2.05) is 48.5 Å². The van der Waals surface area contributed by atoms with Gasteiger partial charge in [-0.3, -0.25) is 14.2 Å². The Morgan fingerprint density at radius 3 is 2.54 bits per heavy atom. The molecular weight excluding hydrogens is 302 g/mol. The number of carbonyl (C=O) groups is 2. The van der Waals surface area contributed by atoms with Crippen molar-refractivity contribution in [3.63, 3.8) is 0 Å². The third-order valence-corrected chi connectivity index (χ3v) is 4.07. The van der Waals surface area contributed by atoms with E-state index >= 15 is 0 Å². The van der Waals surface area contributed by atoms with Gasteiger partial charge in [0.15, 0.2) is 0 Å². The Bertz CT molecular complexity index is 1140. The molecule has 24 heavy (non-hydrogen) atoms. The Balaban J connectivity index is 2.09.